The third-order valence-electron chi connectivity index (χ3n) is 6.07. The van der Waals surface area contributed by atoms with E-state index < -0.39 is 5.91 Å². The minimum absolute atomic E-state index is 0.149. The minimum atomic E-state index is -0.394. The van der Waals surface area contributed by atoms with Crippen molar-refractivity contribution in [2.24, 2.45) is 5.41 Å². The number of hydrazine groups is 1. The molecule has 2 amide bonds. The van der Waals surface area contributed by atoms with E-state index in [9.17, 15) is 9.59 Å². The number of fused-ring (bicyclic) bond motifs is 1. The molecule has 9 nitrogen and oxygen atoms in total. The standard InChI is InChI=1S/C20H28N6O3/c1-3-26-17-14(12-22-26)16(23-13-5-9-29-10-6-13)15(11-21-17)18(27)24-25-19(28)20(2)7-4-8-20/h11-13H,3-10H2,1-2H3,(H,21,23)(H,24,27)(H,25,28). The van der Waals surface area contributed by atoms with Gasteiger partial charge < -0.3 is 10.1 Å². The van der Waals surface area contributed by atoms with Gasteiger partial charge in [0.15, 0.2) is 5.65 Å². The zero-order valence-electron chi connectivity index (χ0n) is 17.0. The lowest BCUT2D eigenvalue weighted by molar-refractivity contribution is -0.135. The molecule has 0 radical (unpaired) electrons. The number of hydrogen-bond acceptors (Lipinski definition) is 6. The predicted octanol–water partition coefficient (Wildman–Crippen LogP) is 1.99. The van der Waals surface area contributed by atoms with E-state index in [0.717, 1.165) is 43.1 Å². The van der Waals surface area contributed by atoms with Crippen molar-refractivity contribution in [2.75, 3.05) is 18.5 Å². The van der Waals surface area contributed by atoms with Crippen molar-refractivity contribution in [1.29, 1.82) is 0 Å². The molecule has 2 fully saturated rings. The summed E-state index contributed by atoms with van der Waals surface area (Å²) in [5.41, 5.74) is 6.57. The Balaban J connectivity index is 1.58. The zero-order valence-corrected chi connectivity index (χ0v) is 17.0. The Bertz CT molecular complexity index is 914. The van der Waals surface area contributed by atoms with E-state index in [0.29, 0.717) is 31.0 Å². The number of carbonyl (C=O) groups is 2. The number of ether oxygens (including phenoxy) is 1. The van der Waals surface area contributed by atoms with E-state index >= 15 is 0 Å². The number of carbonyl (C=O) groups excluding carboxylic acids is 2. The number of pyridine rings is 1. The van der Waals surface area contributed by atoms with Crippen LogP contribution in [0.4, 0.5) is 5.69 Å². The van der Waals surface area contributed by atoms with E-state index in [4.69, 9.17) is 4.74 Å². The Kier molecular flexibility index (Phi) is 5.40. The summed E-state index contributed by atoms with van der Waals surface area (Å²) >= 11 is 0. The van der Waals surface area contributed by atoms with E-state index in [1.807, 2.05) is 13.8 Å². The molecule has 1 saturated heterocycles. The van der Waals surface area contributed by atoms with Crippen molar-refractivity contribution in [1.82, 2.24) is 25.6 Å². The van der Waals surface area contributed by atoms with Crippen LogP contribution in [0.2, 0.25) is 0 Å². The molecule has 0 atom stereocenters. The van der Waals surface area contributed by atoms with Crippen molar-refractivity contribution in [3.63, 3.8) is 0 Å². The molecule has 1 aliphatic carbocycles. The van der Waals surface area contributed by atoms with Gasteiger partial charge in [0.1, 0.15) is 0 Å². The van der Waals surface area contributed by atoms with Gasteiger partial charge in [0.25, 0.3) is 5.91 Å². The first-order valence-electron chi connectivity index (χ1n) is 10.3. The van der Waals surface area contributed by atoms with Crippen LogP contribution in [-0.4, -0.2) is 45.8 Å². The van der Waals surface area contributed by atoms with Gasteiger partial charge in [-0.05, 0) is 32.6 Å². The Morgan fingerprint density at radius 1 is 1.24 bits per heavy atom. The lowest BCUT2D eigenvalue weighted by Gasteiger charge is -2.36. The van der Waals surface area contributed by atoms with Crippen molar-refractivity contribution >= 4 is 28.5 Å². The van der Waals surface area contributed by atoms with Gasteiger partial charge in [-0.2, -0.15) is 5.10 Å². The van der Waals surface area contributed by atoms with Gasteiger partial charge in [-0.3, -0.25) is 20.4 Å². The molecule has 29 heavy (non-hydrogen) atoms. The first-order valence-corrected chi connectivity index (χ1v) is 10.3. The molecule has 3 heterocycles. The van der Waals surface area contributed by atoms with E-state index in [2.05, 4.69) is 26.3 Å². The molecule has 0 bridgehead atoms. The average molecular weight is 400 g/mol. The lowest BCUT2D eigenvalue weighted by Crippen LogP contribution is -2.50. The molecule has 0 spiro atoms. The number of aryl methyl sites for hydroxylation is 1. The summed E-state index contributed by atoms with van der Waals surface area (Å²) in [6.07, 6.45) is 7.73. The molecule has 1 aliphatic heterocycles. The number of anilines is 1. The van der Waals surface area contributed by atoms with Gasteiger partial charge in [-0.25, -0.2) is 9.67 Å². The van der Waals surface area contributed by atoms with Crippen LogP contribution in [0.15, 0.2) is 12.4 Å². The molecule has 9 heteroatoms. The Labute approximate surface area is 169 Å². The molecule has 0 aromatic carbocycles. The average Bonchev–Trinajstić information content (AvgIpc) is 3.14. The Hall–Kier alpha value is -2.68. The SMILES string of the molecule is CCn1ncc2c(NC3CCOCC3)c(C(=O)NNC(=O)C3(C)CCC3)cnc21. The Morgan fingerprint density at radius 2 is 2.00 bits per heavy atom. The molecule has 2 aromatic heterocycles. The first kappa shape index (κ1) is 19.6. The molecule has 2 aromatic rings. The molecule has 2 aliphatic rings. The molecule has 1 saturated carbocycles. The summed E-state index contributed by atoms with van der Waals surface area (Å²) in [5.74, 6) is -0.543. The van der Waals surface area contributed by atoms with Crippen molar-refractivity contribution < 1.29 is 14.3 Å². The normalized spacial score (nSPS) is 18.8. The van der Waals surface area contributed by atoms with Gasteiger partial charge in [-0.15, -0.1) is 0 Å². The van der Waals surface area contributed by atoms with Crippen LogP contribution in [-0.2, 0) is 16.1 Å². The topological polar surface area (TPSA) is 110 Å². The maximum absolute atomic E-state index is 12.9. The number of amides is 2. The number of rotatable bonds is 5. The molecular formula is C20H28N6O3. The van der Waals surface area contributed by atoms with Crippen molar-refractivity contribution in [3.8, 4) is 0 Å². The second kappa shape index (κ2) is 7.98. The van der Waals surface area contributed by atoms with E-state index in [1.165, 1.54) is 0 Å². The number of aromatic nitrogens is 3. The second-order valence-electron chi connectivity index (χ2n) is 8.10. The van der Waals surface area contributed by atoms with E-state index in [1.54, 1.807) is 17.1 Å². The largest absolute Gasteiger partial charge is 0.381 e. The van der Waals surface area contributed by atoms with Crippen LogP contribution in [0.25, 0.3) is 11.0 Å². The van der Waals surface area contributed by atoms with Crippen molar-refractivity contribution in [2.45, 2.75) is 58.5 Å². The smallest absolute Gasteiger partial charge is 0.273 e. The fourth-order valence-electron chi connectivity index (χ4n) is 3.90. The van der Waals surface area contributed by atoms with Gasteiger partial charge >= 0.3 is 0 Å². The van der Waals surface area contributed by atoms with Crippen LogP contribution in [0.5, 0.6) is 0 Å². The molecule has 4 rings (SSSR count). The van der Waals surface area contributed by atoms with Crippen LogP contribution in [0.3, 0.4) is 0 Å². The summed E-state index contributed by atoms with van der Waals surface area (Å²) in [4.78, 5) is 29.7. The Morgan fingerprint density at radius 3 is 2.66 bits per heavy atom. The number of hydrogen-bond donors (Lipinski definition) is 3. The third kappa shape index (κ3) is 3.78. The highest BCUT2D eigenvalue weighted by Gasteiger charge is 2.39. The predicted molar refractivity (Wildman–Crippen MR) is 108 cm³/mol. The maximum Gasteiger partial charge on any atom is 0.273 e. The summed E-state index contributed by atoms with van der Waals surface area (Å²) in [5, 5.41) is 8.68. The van der Waals surface area contributed by atoms with Gasteiger partial charge in [0.05, 0.1) is 22.8 Å². The highest BCUT2D eigenvalue weighted by Crippen LogP contribution is 2.40. The first-order chi connectivity index (χ1) is 14.0. The second-order valence-corrected chi connectivity index (χ2v) is 8.10. The van der Waals surface area contributed by atoms with Crippen LogP contribution < -0.4 is 16.2 Å². The van der Waals surface area contributed by atoms with Crippen LogP contribution in [0, 0.1) is 5.41 Å². The molecule has 156 valence electrons. The van der Waals surface area contributed by atoms with Crippen LogP contribution >= 0.6 is 0 Å². The highest BCUT2D eigenvalue weighted by molar-refractivity contribution is 6.07. The van der Waals surface area contributed by atoms with Crippen molar-refractivity contribution in [3.05, 3.63) is 18.0 Å². The van der Waals surface area contributed by atoms with Gasteiger partial charge in [0, 0.05) is 37.4 Å². The fourth-order valence-corrected chi connectivity index (χ4v) is 3.90. The summed E-state index contributed by atoms with van der Waals surface area (Å²) < 4.78 is 7.24. The van der Waals surface area contributed by atoms with E-state index in [-0.39, 0.29) is 17.4 Å². The van der Waals surface area contributed by atoms with Crippen LogP contribution in [0.1, 0.15) is 56.3 Å². The molecule has 0 unspecified atom stereocenters. The highest BCUT2D eigenvalue weighted by atomic mass is 16.5. The quantitative estimate of drug-likeness (QED) is 0.662. The number of nitrogens with one attached hydrogen (secondary N) is 3. The third-order valence-corrected chi connectivity index (χ3v) is 6.07. The summed E-state index contributed by atoms with van der Waals surface area (Å²) in [6.45, 7) is 5.99. The monoisotopic (exact) mass is 400 g/mol. The molecular weight excluding hydrogens is 372 g/mol. The minimum Gasteiger partial charge on any atom is -0.381 e. The summed E-state index contributed by atoms with van der Waals surface area (Å²) in [7, 11) is 0. The summed E-state index contributed by atoms with van der Waals surface area (Å²) in [6, 6.07) is 0.203. The zero-order chi connectivity index (χ0) is 20.4. The number of nitrogens with zero attached hydrogens (tertiary/aromatic N) is 3. The maximum atomic E-state index is 12.9. The lowest BCUT2D eigenvalue weighted by atomic mass is 9.70. The molecule has 3 N–H and O–H groups in total. The van der Waals surface area contributed by atoms with Gasteiger partial charge in [0.2, 0.25) is 5.91 Å². The fraction of sp³-hybridized carbons (Fsp3) is 0.600. The van der Waals surface area contributed by atoms with Gasteiger partial charge in [-0.1, -0.05) is 13.3 Å².